The van der Waals surface area contributed by atoms with Crippen LogP contribution in [0.4, 0.5) is 0 Å². The van der Waals surface area contributed by atoms with Crippen molar-refractivity contribution in [1.29, 1.82) is 5.26 Å². The van der Waals surface area contributed by atoms with Gasteiger partial charge in [-0.2, -0.15) is 5.26 Å². The Morgan fingerprint density at radius 1 is 1.33 bits per heavy atom. The minimum atomic E-state index is -0.673. The van der Waals surface area contributed by atoms with Crippen LogP contribution in [0.5, 0.6) is 5.75 Å². The van der Waals surface area contributed by atoms with E-state index in [4.69, 9.17) is 14.7 Å². The van der Waals surface area contributed by atoms with E-state index in [1.165, 1.54) is 0 Å². The Hall–Kier alpha value is -1.57. The van der Waals surface area contributed by atoms with Crippen LogP contribution < -0.4 is 4.74 Å². The lowest BCUT2D eigenvalue weighted by molar-refractivity contribution is 0.0112. The Balaban J connectivity index is 2.29. The zero-order valence-corrected chi connectivity index (χ0v) is 10.6. The molecule has 1 N–H and O–H groups in total. The van der Waals surface area contributed by atoms with Gasteiger partial charge in [-0.25, -0.2) is 0 Å². The molecule has 1 rings (SSSR count). The number of ether oxygens (including phenoxy) is 2. The second kappa shape index (κ2) is 8.51. The Labute approximate surface area is 108 Å². The van der Waals surface area contributed by atoms with Crippen LogP contribution in [-0.2, 0) is 4.74 Å². The van der Waals surface area contributed by atoms with Gasteiger partial charge in [0, 0.05) is 6.61 Å². The van der Waals surface area contributed by atoms with Gasteiger partial charge < -0.3 is 14.6 Å². The van der Waals surface area contributed by atoms with E-state index < -0.39 is 6.10 Å². The molecule has 0 bridgehead atoms. The van der Waals surface area contributed by atoms with E-state index in [1.54, 1.807) is 24.3 Å². The number of benzene rings is 1. The molecule has 4 nitrogen and oxygen atoms in total. The number of hydrogen-bond acceptors (Lipinski definition) is 4. The fraction of sp³-hybridized carbons (Fsp3) is 0.500. The van der Waals surface area contributed by atoms with Crippen LogP contribution in [0.25, 0.3) is 0 Å². The van der Waals surface area contributed by atoms with Gasteiger partial charge in [-0.05, 0) is 18.6 Å². The molecule has 0 heterocycles. The van der Waals surface area contributed by atoms with E-state index in [2.05, 4.69) is 6.92 Å². The standard InChI is InChI=1S/C14H19NO3/c1-2-3-8-17-10-13(16)11-18-14-7-5-4-6-12(14)9-15/h4-7,13,16H,2-3,8,10-11H2,1H3. The zero-order chi connectivity index (χ0) is 13.2. The van der Waals surface area contributed by atoms with Crippen molar-refractivity contribution in [1.82, 2.24) is 0 Å². The van der Waals surface area contributed by atoms with Gasteiger partial charge >= 0.3 is 0 Å². The van der Waals surface area contributed by atoms with Gasteiger partial charge in [-0.3, -0.25) is 0 Å². The van der Waals surface area contributed by atoms with Gasteiger partial charge in [0.25, 0.3) is 0 Å². The maximum absolute atomic E-state index is 9.64. The van der Waals surface area contributed by atoms with Crippen molar-refractivity contribution >= 4 is 0 Å². The molecule has 0 spiro atoms. The predicted octanol–water partition coefficient (Wildman–Crippen LogP) is 2.11. The van der Waals surface area contributed by atoms with E-state index in [1.807, 2.05) is 6.07 Å². The van der Waals surface area contributed by atoms with E-state index in [-0.39, 0.29) is 13.2 Å². The Bertz CT molecular complexity index is 387. The summed E-state index contributed by atoms with van der Waals surface area (Å²) in [5.41, 5.74) is 0.469. The molecule has 0 fully saturated rings. The highest BCUT2D eigenvalue weighted by molar-refractivity contribution is 5.42. The highest BCUT2D eigenvalue weighted by Gasteiger charge is 2.07. The van der Waals surface area contributed by atoms with Crippen LogP contribution >= 0.6 is 0 Å². The number of unbranched alkanes of at least 4 members (excludes halogenated alkanes) is 1. The first-order valence-corrected chi connectivity index (χ1v) is 6.15. The summed E-state index contributed by atoms with van der Waals surface area (Å²) in [6.07, 6.45) is 1.39. The van der Waals surface area contributed by atoms with Crippen LogP contribution in [-0.4, -0.2) is 31.0 Å². The molecule has 0 aromatic heterocycles. The van der Waals surface area contributed by atoms with Crippen molar-refractivity contribution in [2.75, 3.05) is 19.8 Å². The summed E-state index contributed by atoms with van der Waals surface area (Å²) in [6.45, 7) is 3.13. The molecule has 1 atom stereocenters. The van der Waals surface area contributed by atoms with Crippen LogP contribution in [0.1, 0.15) is 25.3 Å². The SMILES string of the molecule is CCCCOCC(O)COc1ccccc1C#N. The largest absolute Gasteiger partial charge is 0.489 e. The Morgan fingerprint density at radius 3 is 2.83 bits per heavy atom. The topological polar surface area (TPSA) is 62.5 Å². The number of aliphatic hydroxyl groups is 1. The first-order valence-electron chi connectivity index (χ1n) is 6.15. The van der Waals surface area contributed by atoms with Crippen LogP contribution in [0, 0.1) is 11.3 Å². The number of rotatable bonds is 8. The monoisotopic (exact) mass is 249 g/mol. The molecule has 98 valence electrons. The number of para-hydroxylation sites is 1. The average molecular weight is 249 g/mol. The van der Waals surface area contributed by atoms with Crippen molar-refractivity contribution in [2.24, 2.45) is 0 Å². The van der Waals surface area contributed by atoms with Gasteiger partial charge in [-0.15, -0.1) is 0 Å². The highest BCUT2D eigenvalue weighted by atomic mass is 16.5. The van der Waals surface area contributed by atoms with E-state index in [0.717, 1.165) is 12.8 Å². The summed E-state index contributed by atoms with van der Waals surface area (Å²) in [7, 11) is 0. The fourth-order valence-corrected chi connectivity index (χ4v) is 1.38. The summed E-state index contributed by atoms with van der Waals surface area (Å²) >= 11 is 0. The molecule has 0 radical (unpaired) electrons. The fourth-order valence-electron chi connectivity index (χ4n) is 1.38. The third kappa shape index (κ3) is 5.17. The number of nitrogens with zero attached hydrogens (tertiary/aromatic N) is 1. The smallest absolute Gasteiger partial charge is 0.137 e. The van der Waals surface area contributed by atoms with Gasteiger partial charge in [0.2, 0.25) is 0 Å². The molecule has 1 unspecified atom stereocenters. The number of hydrogen-bond donors (Lipinski definition) is 1. The number of aliphatic hydroxyl groups excluding tert-OH is 1. The molecule has 0 aliphatic heterocycles. The van der Waals surface area contributed by atoms with Crippen LogP contribution in [0.15, 0.2) is 24.3 Å². The van der Waals surface area contributed by atoms with Crippen molar-refractivity contribution in [2.45, 2.75) is 25.9 Å². The van der Waals surface area contributed by atoms with E-state index >= 15 is 0 Å². The minimum absolute atomic E-state index is 0.130. The second-order valence-corrected chi connectivity index (χ2v) is 4.00. The maximum Gasteiger partial charge on any atom is 0.137 e. The molecule has 0 aliphatic carbocycles. The molecule has 1 aromatic carbocycles. The lowest BCUT2D eigenvalue weighted by atomic mass is 10.2. The van der Waals surface area contributed by atoms with Crippen molar-refractivity contribution < 1.29 is 14.6 Å². The normalized spacial score (nSPS) is 11.8. The lowest BCUT2D eigenvalue weighted by Gasteiger charge is -2.13. The third-order valence-corrected chi connectivity index (χ3v) is 2.39. The molecule has 4 heteroatoms. The van der Waals surface area contributed by atoms with E-state index in [9.17, 15) is 5.11 Å². The molecular formula is C14H19NO3. The van der Waals surface area contributed by atoms with Crippen molar-refractivity contribution in [3.05, 3.63) is 29.8 Å². The maximum atomic E-state index is 9.64. The molecule has 18 heavy (non-hydrogen) atoms. The summed E-state index contributed by atoms with van der Waals surface area (Å²) in [5, 5.41) is 18.5. The summed E-state index contributed by atoms with van der Waals surface area (Å²) in [5.74, 6) is 0.493. The first-order chi connectivity index (χ1) is 8.77. The molecule has 0 amide bonds. The molecular weight excluding hydrogens is 230 g/mol. The Kier molecular flexibility index (Phi) is 6.85. The molecule has 0 aliphatic rings. The summed E-state index contributed by atoms with van der Waals surface area (Å²) in [4.78, 5) is 0. The van der Waals surface area contributed by atoms with Crippen molar-refractivity contribution in [3.63, 3.8) is 0 Å². The minimum Gasteiger partial charge on any atom is -0.489 e. The van der Waals surface area contributed by atoms with Gasteiger partial charge in [0.05, 0.1) is 12.2 Å². The van der Waals surface area contributed by atoms with Crippen molar-refractivity contribution in [3.8, 4) is 11.8 Å². The summed E-state index contributed by atoms with van der Waals surface area (Å²) in [6, 6.07) is 9.00. The third-order valence-electron chi connectivity index (χ3n) is 2.39. The number of nitriles is 1. The Morgan fingerprint density at radius 2 is 2.11 bits per heavy atom. The van der Waals surface area contributed by atoms with Gasteiger partial charge in [0.15, 0.2) is 0 Å². The highest BCUT2D eigenvalue weighted by Crippen LogP contribution is 2.16. The van der Waals surface area contributed by atoms with Crippen LogP contribution in [0.2, 0.25) is 0 Å². The molecule has 0 saturated heterocycles. The summed E-state index contributed by atoms with van der Waals surface area (Å²) < 4.78 is 10.7. The molecule has 1 aromatic rings. The van der Waals surface area contributed by atoms with Gasteiger partial charge in [0.1, 0.15) is 24.5 Å². The van der Waals surface area contributed by atoms with Crippen LogP contribution in [0.3, 0.4) is 0 Å². The lowest BCUT2D eigenvalue weighted by Crippen LogP contribution is -2.23. The predicted molar refractivity (Wildman–Crippen MR) is 68.4 cm³/mol. The van der Waals surface area contributed by atoms with E-state index in [0.29, 0.717) is 17.9 Å². The average Bonchev–Trinajstić information content (AvgIpc) is 2.41. The molecule has 0 saturated carbocycles. The quantitative estimate of drug-likeness (QED) is 0.717. The van der Waals surface area contributed by atoms with Gasteiger partial charge in [-0.1, -0.05) is 25.5 Å². The second-order valence-electron chi connectivity index (χ2n) is 4.00. The zero-order valence-electron chi connectivity index (χ0n) is 10.6. The first kappa shape index (κ1) is 14.5.